The summed E-state index contributed by atoms with van der Waals surface area (Å²) in [6.07, 6.45) is 1.30. The highest BCUT2D eigenvalue weighted by Crippen LogP contribution is 2.17. The molecule has 0 radical (unpaired) electrons. The van der Waals surface area contributed by atoms with Crippen molar-refractivity contribution in [3.8, 4) is 17.5 Å². The van der Waals surface area contributed by atoms with E-state index >= 15 is 0 Å². The maximum Gasteiger partial charge on any atom is 0.339 e. The highest BCUT2D eigenvalue weighted by Gasteiger charge is 2.15. The molecule has 0 N–H and O–H groups in total. The molecule has 0 saturated heterocycles. The van der Waals surface area contributed by atoms with Gasteiger partial charge in [0.05, 0.1) is 12.7 Å². The molecule has 0 atom stereocenters. The summed E-state index contributed by atoms with van der Waals surface area (Å²) in [7, 11) is 1.22. The Bertz CT molecular complexity index is 1080. The van der Waals surface area contributed by atoms with Crippen LogP contribution in [0.2, 0.25) is 0 Å². The molecule has 0 aliphatic rings. The average molecular weight is 350 g/mol. The summed E-state index contributed by atoms with van der Waals surface area (Å²) in [6, 6.07) is 10.5. The molecule has 130 valence electrons. The Morgan fingerprint density at radius 3 is 2.88 bits per heavy atom. The van der Waals surface area contributed by atoms with Crippen LogP contribution >= 0.6 is 0 Å². The Morgan fingerprint density at radius 2 is 2.19 bits per heavy atom. The van der Waals surface area contributed by atoms with Crippen molar-refractivity contribution < 1.29 is 14.1 Å². The minimum Gasteiger partial charge on any atom is -0.465 e. The van der Waals surface area contributed by atoms with E-state index in [1.165, 1.54) is 23.9 Å². The van der Waals surface area contributed by atoms with Crippen LogP contribution in [-0.2, 0) is 11.3 Å². The second-order valence-electron chi connectivity index (χ2n) is 5.56. The van der Waals surface area contributed by atoms with Gasteiger partial charge in [-0.3, -0.25) is 4.79 Å². The smallest absolute Gasteiger partial charge is 0.339 e. The van der Waals surface area contributed by atoms with Crippen LogP contribution in [0.4, 0.5) is 0 Å². The minimum absolute atomic E-state index is 0.0723. The van der Waals surface area contributed by atoms with Gasteiger partial charge in [0.15, 0.2) is 0 Å². The molecular weight excluding hydrogens is 336 g/mol. The van der Waals surface area contributed by atoms with Crippen LogP contribution in [0.5, 0.6) is 0 Å². The summed E-state index contributed by atoms with van der Waals surface area (Å²) >= 11 is 0. The molecule has 0 amide bonds. The fourth-order valence-corrected chi connectivity index (χ4v) is 2.43. The molecule has 26 heavy (non-hydrogen) atoms. The average Bonchev–Trinajstić information content (AvgIpc) is 3.11. The third-order valence-electron chi connectivity index (χ3n) is 3.68. The first-order chi connectivity index (χ1) is 12.5. The highest BCUT2D eigenvalue weighted by atomic mass is 16.5. The summed E-state index contributed by atoms with van der Waals surface area (Å²) in [5.41, 5.74) is 1.19. The highest BCUT2D eigenvalue weighted by molar-refractivity contribution is 5.89. The Labute approximate surface area is 148 Å². The maximum absolute atomic E-state index is 12.3. The van der Waals surface area contributed by atoms with Gasteiger partial charge >= 0.3 is 5.97 Å². The van der Waals surface area contributed by atoms with Crippen molar-refractivity contribution in [3.63, 3.8) is 0 Å². The molecule has 2 heterocycles. The first kappa shape index (κ1) is 17.1. The lowest BCUT2D eigenvalue weighted by molar-refractivity contribution is 0.0599. The number of hydrogen-bond acceptors (Lipinski definition) is 7. The molecule has 1 aromatic carbocycles. The van der Waals surface area contributed by atoms with Gasteiger partial charge in [0.2, 0.25) is 11.7 Å². The molecule has 0 fully saturated rings. The molecule has 3 aromatic rings. The number of methoxy groups -OCH3 is 1. The van der Waals surface area contributed by atoms with E-state index < -0.39 is 11.5 Å². The van der Waals surface area contributed by atoms with Gasteiger partial charge in [-0.15, -0.1) is 0 Å². The first-order valence-electron chi connectivity index (χ1n) is 7.64. The van der Waals surface area contributed by atoms with Crippen LogP contribution in [0.1, 0.15) is 27.4 Å². The van der Waals surface area contributed by atoms with Crippen LogP contribution < -0.4 is 5.56 Å². The number of carbonyl (C=O) groups is 1. The largest absolute Gasteiger partial charge is 0.465 e. The van der Waals surface area contributed by atoms with Gasteiger partial charge < -0.3 is 13.8 Å². The molecule has 0 unspecified atom stereocenters. The minimum atomic E-state index is -0.652. The van der Waals surface area contributed by atoms with E-state index in [9.17, 15) is 9.59 Å². The van der Waals surface area contributed by atoms with Crippen LogP contribution in [0, 0.1) is 18.3 Å². The topological polar surface area (TPSA) is 111 Å². The Kier molecular flexibility index (Phi) is 4.62. The quantitative estimate of drug-likeness (QED) is 0.661. The third-order valence-corrected chi connectivity index (χ3v) is 3.68. The molecule has 0 aliphatic heterocycles. The van der Waals surface area contributed by atoms with E-state index in [-0.39, 0.29) is 23.6 Å². The monoisotopic (exact) mass is 350 g/mol. The molecule has 3 rings (SSSR count). The summed E-state index contributed by atoms with van der Waals surface area (Å²) in [5.74, 6) is -0.0860. The Balaban J connectivity index is 1.96. The Morgan fingerprint density at radius 1 is 1.38 bits per heavy atom. The van der Waals surface area contributed by atoms with Crippen LogP contribution in [-0.4, -0.2) is 27.8 Å². The molecular formula is C18H14N4O4. The predicted octanol–water partition coefficient (Wildman–Crippen LogP) is 1.91. The number of nitriles is 1. The van der Waals surface area contributed by atoms with Gasteiger partial charge in [-0.25, -0.2) is 4.79 Å². The number of benzene rings is 1. The fraction of sp³-hybridized carbons (Fsp3) is 0.167. The second kappa shape index (κ2) is 7.03. The van der Waals surface area contributed by atoms with E-state index in [1.54, 1.807) is 6.07 Å². The molecule has 0 aliphatic carbocycles. The van der Waals surface area contributed by atoms with Crippen molar-refractivity contribution in [1.82, 2.24) is 14.7 Å². The van der Waals surface area contributed by atoms with E-state index in [0.717, 1.165) is 11.1 Å². The summed E-state index contributed by atoms with van der Waals surface area (Å²) < 4.78 is 11.0. The van der Waals surface area contributed by atoms with E-state index in [1.807, 2.05) is 31.2 Å². The number of carbonyl (C=O) groups excluding carboxylic acids is 1. The van der Waals surface area contributed by atoms with Crippen molar-refractivity contribution in [2.75, 3.05) is 7.11 Å². The fourth-order valence-electron chi connectivity index (χ4n) is 2.43. The number of aryl methyl sites for hydroxylation is 1. The van der Waals surface area contributed by atoms with E-state index in [0.29, 0.717) is 5.82 Å². The zero-order valence-electron chi connectivity index (χ0n) is 14.1. The van der Waals surface area contributed by atoms with Crippen LogP contribution in [0.3, 0.4) is 0 Å². The summed E-state index contributed by atoms with van der Waals surface area (Å²) in [6.45, 7) is 1.88. The lowest BCUT2D eigenvalue weighted by atomic mass is 10.1. The van der Waals surface area contributed by atoms with Crippen molar-refractivity contribution in [3.05, 3.63) is 69.5 Å². The number of rotatable bonds is 4. The lowest BCUT2D eigenvalue weighted by Gasteiger charge is -2.06. The third kappa shape index (κ3) is 3.37. The number of aromatic nitrogens is 3. The van der Waals surface area contributed by atoms with Crippen LogP contribution in [0.25, 0.3) is 11.4 Å². The maximum atomic E-state index is 12.3. The normalized spacial score (nSPS) is 10.3. The van der Waals surface area contributed by atoms with Crippen molar-refractivity contribution in [2.45, 2.75) is 13.5 Å². The molecule has 0 saturated carbocycles. The van der Waals surface area contributed by atoms with Crippen molar-refractivity contribution in [2.24, 2.45) is 0 Å². The number of nitrogens with zero attached hydrogens (tertiary/aromatic N) is 4. The second-order valence-corrected chi connectivity index (χ2v) is 5.56. The van der Waals surface area contributed by atoms with Gasteiger partial charge in [-0.2, -0.15) is 10.2 Å². The van der Waals surface area contributed by atoms with Gasteiger partial charge in [-0.05, 0) is 19.1 Å². The Hall–Kier alpha value is -3.73. The molecule has 0 spiro atoms. The van der Waals surface area contributed by atoms with E-state index in [4.69, 9.17) is 9.78 Å². The van der Waals surface area contributed by atoms with Gasteiger partial charge in [0.25, 0.3) is 5.56 Å². The first-order valence-corrected chi connectivity index (χ1v) is 7.64. The van der Waals surface area contributed by atoms with Crippen molar-refractivity contribution in [1.29, 1.82) is 5.26 Å². The standard InChI is InChI=1S/C18H14N4O4/c1-11-4-3-5-12(6-11)16-20-15(26-21-16)10-22-9-14(18(24)25-2)7-13(8-19)17(22)23/h3-7,9H,10H2,1-2H3. The summed E-state index contributed by atoms with van der Waals surface area (Å²) in [5, 5.41) is 13.0. The van der Waals surface area contributed by atoms with Gasteiger partial charge in [0, 0.05) is 11.8 Å². The molecule has 8 nitrogen and oxygen atoms in total. The molecule has 0 bridgehead atoms. The van der Waals surface area contributed by atoms with E-state index in [2.05, 4.69) is 14.9 Å². The number of pyridine rings is 1. The number of ether oxygens (including phenoxy) is 1. The predicted molar refractivity (Wildman–Crippen MR) is 90.3 cm³/mol. The lowest BCUT2D eigenvalue weighted by Crippen LogP contribution is -2.24. The number of hydrogen-bond donors (Lipinski definition) is 0. The van der Waals surface area contributed by atoms with Crippen molar-refractivity contribution >= 4 is 5.97 Å². The zero-order valence-corrected chi connectivity index (χ0v) is 14.1. The molecule has 8 heteroatoms. The van der Waals surface area contributed by atoms with Gasteiger partial charge in [-0.1, -0.05) is 28.9 Å². The SMILES string of the molecule is COC(=O)c1cc(C#N)c(=O)n(Cc2nc(-c3cccc(C)c3)no2)c1. The van der Waals surface area contributed by atoms with Gasteiger partial charge in [0.1, 0.15) is 18.2 Å². The van der Waals surface area contributed by atoms with Crippen LogP contribution in [0.15, 0.2) is 45.8 Å². The summed E-state index contributed by atoms with van der Waals surface area (Å²) in [4.78, 5) is 28.3. The number of esters is 1. The zero-order chi connectivity index (χ0) is 18.7. The molecule has 2 aromatic heterocycles.